The first-order valence-electron chi connectivity index (χ1n) is 8.34. The van der Waals surface area contributed by atoms with Crippen molar-refractivity contribution in [2.45, 2.75) is 71.7 Å². The Hall–Kier alpha value is -1.67. The lowest BCUT2D eigenvalue weighted by Gasteiger charge is -2.43. The van der Waals surface area contributed by atoms with Crippen LogP contribution >= 0.6 is 0 Å². The van der Waals surface area contributed by atoms with Gasteiger partial charge in [-0.25, -0.2) is 0 Å². The first-order valence-corrected chi connectivity index (χ1v) is 8.34. The highest BCUT2D eigenvalue weighted by Gasteiger charge is 2.59. The molecule has 6 atom stereocenters. The van der Waals surface area contributed by atoms with E-state index in [2.05, 4.69) is 0 Å². The number of fused-ring (bicyclic) bond motifs is 1. The third-order valence-corrected chi connectivity index (χ3v) is 4.84. The smallest absolute Gasteiger partial charge is 0.303 e. The van der Waals surface area contributed by atoms with Crippen molar-refractivity contribution < 1.29 is 38.1 Å². The van der Waals surface area contributed by atoms with Crippen LogP contribution in [0.25, 0.3) is 0 Å². The van der Waals surface area contributed by atoms with Crippen LogP contribution in [0.3, 0.4) is 0 Å². The lowest BCUT2D eigenvalue weighted by Crippen LogP contribution is -2.58. The van der Waals surface area contributed by atoms with E-state index >= 15 is 0 Å². The molecule has 0 saturated carbocycles. The normalized spacial score (nSPS) is 36.2. The monoisotopic (exact) mass is 358 g/mol. The van der Waals surface area contributed by atoms with Crippen molar-refractivity contribution in [2.75, 3.05) is 6.61 Å². The van der Waals surface area contributed by atoms with Gasteiger partial charge in [-0.3, -0.25) is 14.4 Å². The van der Waals surface area contributed by atoms with Gasteiger partial charge in [0.1, 0.15) is 18.8 Å². The average molecular weight is 358 g/mol. The molecule has 8 heteroatoms. The van der Waals surface area contributed by atoms with E-state index in [4.69, 9.17) is 23.7 Å². The summed E-state index contributed by atoms with van der Waals surface area (Å²) in [7, 11) is 0. The topological polar surface area (TPSA) is 97.4 Å². The Morgan fingerprint density at radius 3 is 2.04 bits per heavy atom. The van der Waals surface area contributed by atoms with Crippen LogP contribution in [0.1, 0.15) is 41.5 Å². The molecule has 8 nitrogen and oxygen atoms in total. The van der Waals surface area contributed by atoms with E-state index in [0.29, 0.717) is 0 Å². The maximum absolute atomic E-state index is 11.6. The molecule has 142 valence electrons. The lowest BCUT2D eigenvalue weighted by atomic mass is 9.77. The van der Waals surface area contributed by atoms with Gasteiger partial charge < -0.3 is 23.7 Å². The molecule has 2 fully saturated rings. The van der Waals surface area contributed by atoms with Crippen molar-refractivity contribution in [1.82, 2.24) is 0 Å². The molecule has 0 N–H and O–H groups in total. The van der Waals surface area contributed by atoms with Gasteiger partial charge in [0, 0.05) is 20.8 Å². The van der Waals surface area contributed by atoms with E-state index < -0.39 is 48.1 Å². The maximum atomic E-state index is 11.6. The van der Waals surface area contributed by atoms with Gasteiger partial charge in [0.05, 0.1) is 11.5 Å². The van der Waals surface area contributed by atoms with Crippen LogP contribution in [0.15, 0.2) is 0 Å². The number of carbonyl (C=O) groups excluding carboxylic acids is 3. The Labute approximate surface area is 147 Å². The van der Waals surface area contributed by atoms with Gasteiger partial charge in [-0.15, -0.1) is 0 Å². The summed E-state index contributed by atoms with van der Waals surface area (Å²) in [5.41, 5.74) is -0.509. The van der Waals surface area contributed by atoms with Crippen molar-refractivity contribution in [3.63, 3.8) is 0 Å². The average Bonchev–Trinajstić information content (AvgIpc) is 2.68. The predicted molar refractivity (Wildman–Crippen MR) is 84.2 cm³/mol. The summed E-state index contributed by atoms with van der Waals surface area (Å²) in [5.74, 6) is -1.85. The zero-order valence-electron chi connectivity index (χ0n) is 15.4. The number of esters is 3. The minimum atomic E-state index is -0.887. The molecule has 2 heterocycles. The predicted octanol–water partition coefficient (Wildman–Crippen LogP) is 1.20. The minimum Gasteiger partial charge on any atom is -0.463 e. The molecule has 2 aliphatic rings. The lowest BCUT2D eigenvalue weighted by molar-refractivity contribution is -0.278. The van der Waals surface area contributed by atoms with Crippen LogP contribution in [-0.4, -0.2) is 54.7 Å². The zero-order chi connectivity index (χ0) is 18.9. The molecule has 2 rings (SSSR count). The second-order valence-corrected chi connectivity index (χ2v) is 7.08. The summed E-state index contributed by atoms with van der Waals surface area (Å²) >= 11 is 0. The van der Waals surface area contributed by atoms with Gasteiger partial charge in [-0.05, 0) is 19.8 Å². The second kappa shape index (κ2) is 7.29. The van der Waals surface area contributed by atoms with E-state index in [0.717, 1.165) is 0 Å². The molecule has 0 amide bonds. The van der Waals surface area contributed by atoms with Crippen LogP contribution < -0.4 is 0 Å². The van der Waals surface area contributed by atoms with E-state index in [1.54, 1.807) is 0 Å². The first-order chi connectivity index (χ1) is 11.5. The Morgan fingerprint density at radius 2 is 1.52 bits per heavy atom. The highest BCUT2D eigenvalue weighted by molar-refractivity contribution is 5.67. The van der Waals surface area contributed by atoms with Crippen LogP contribution in [-0.2, 0) is 38.1 Å². The molecule has 25 heavy (non-hydrogen) atoms. The Morgan fingerprint density at radius 1 is 0.960 bits per heavy atom. The van der Waals surface area contributed by atoms with Gasteiger partial charge >= 0.3 is 17.9 Å². The molecule has 0 bridgehead atoms. The van der Waals surface area contributed by atoms with Crippen molar-refractivity contribution in [1.29, 1.82) is 0 Å². The molecule has 2 saturated heterocycles. The number of hydrogen-bond acceptors (Lipinski definition) is 8. The molecular weight excluding hydrogens is 332 g/mol. The third kappa shape index (κ3) is 4.30. The highest BCUT2D eigenvalue weighted by atomic mass is 16.7. The molecule has 0 radical (unpaired) electrons. The number of rotatable bonds is 4. The van der Waals surface area contributed by atoms with Gasteiger partial charge in [-0.1, -0.05) is 6.92 Å². The third-order valence-electron chi connectivity index (χ3n) is 4.84. The summed E-state index contributed by atoms with van der Waals surface area (Å²) in [4.78, 5) is 34.4. The Balaban J connectivity index is 2.34. The van der Waals surface area contributed by atoms with E-state index in [9.17, 15) is 14.4 Å². The van der Waals surface area contributed by atoms with Gasteiger partial charge in [0.2, 0.25) is 0 Å². The molecule has 0 aromatic rings. The maximum Gasteiger partial charge on any atom is 0.303 e. The van der Waals surface area contributed by atoms with Crippen molar-refractivity contribution >= 4 is 17.9 Å². The summed E-state index contributed by atoms with van der Waals surface area (Å²) in [5, 5.41) is 0. The van der Waals surface area contributed by atoms with Crippen molar-refractivity contribution in [3.05, 3.63) is 0 Å². The van der Waals surface area contributed by atoms with Crippen molar-refractivity contribution in [2.24, 2.45) is 11.8 Å². The van der Waals surface area contributed by atoms with Crippen LogP contribution in [0.5, 0.6) is 0 Å². The molecule has 0 aromatic heterocycles. The first kappa shape index (κ1) is 19.7. The van der Waals surface area contributed by atoms with Gasteiger partial charge in [0.25, 0.3) is 0 Å². The molecule has 0 spiro atoms. The fraction of sp³-hybridized carbons (Fsp3) is 0.824. The quantitative estimate of drug-likeness (QED) is 0.546. The Bertz CT molecular complexity index is 543. The summed E-state index contributed by atoms with van der Waals surface area (Å²) < 4.78 is 27.8. The minimum absolute atomic E-state index is 0.0189. The van der Waals surface area contributed by atoms with Gasteiger partial charge in [0.15, 0.2) is 12.4 Å². The van der Waals surface area contributed by atoms with Gasteiger partial charge in [-0.2, -0.15) is 0 Å². The standard InChI is InChI=1S/C17H26O8/c1-8-13-15(23-11(4)20)14(22-10(3)19)12(7-21-9(2)18)24-16(13)25-17(8,5)6/h8,12-16H,7H2,1-6H3/t8?,12-,13-,14-,15-,16-/m1/s1. The number of hydrogen-bond donors (Lipinski definition) is 0. The molecule has 0 aliphatic carbocycles. The fourth-order valence-corrected chi connectivity index (χ4v) is 3.43. The van der Waals surface area contributed by atoms with Crippen LogP contribution in [0.2, 0.25) is 0 Å². The zero-order valence-corrected chi connectivity index (χ0v) is 15.4. The molecule has 0 aromatic carbocycles. The SMILES string of the molecule is CC(=O)OC[C@H]1O[C@@H]2OC(C)(C)C(C)[C@@H]2[C@@H](OC(C)=O)[C@@H]1OC(C)=O. The van der Waals surface area contributed by atoms with Crippen LogP contribution in [0, 0.1) is 11.8 Å². The molecule has 1 unspecified atom stereocenters. The summed E-state index contributed by atoms with van der Waals surface area (Å²) in [6, 6.07) is 0. The second-order valence-electron chi connectivity index (χ2n) is 7.08. The molecular formula is C17H26O8. The summed E-state index contributed by atoms with van der Waals surface area (Å²) in [6.45, 7) is 9.51. The van der Waals surface area contributed by atoms with Crippen molar-refractivity contribution in [3.8, 4) is 0 Å². The largest absolute Gasteiger partial charge is 0.463 e. The Kier molecular flexibility index (Phi) is 5.73. The van der Waals surface area contributed by atoms with Crippen LogP contribution in [0.4, 0.5) is 0 Å². The number of carbonyl (C=O) groups is 3. The van der Waals surface area contributed by atoms with E-state index in [1.807, 2.05) is 20.8 Å². The van der Waals surface area contributed by atoms with E-state index in [-0.39, 0.29) is 18.4 Å². The fourth-order valence-electron chi connectivity index (χ4n) is 3.43. The highest BCUT2D eigenvalue weighted by Crippen LogP contribution is 2.47. The number of ether oxygens (including phenoxy) is 5. The summed E-state index contributed by atoms with van der Waals surface area (Å²) in [6.07, 6.45) is -3.08. The van der Waals surface area contributed by atoms with E-state index in [1.165, 1.54) is 20.8 Å². The molecule has 2 aliphatic heterocycles.